The molecule has 0 heteroatoms. The van der Waals surface area contributed by atoms with E-state index in [-0.39, 0.29) is 0 Å². The van der Waals surface area contributed by atoms with Gasteiger partial charge in [0, 0.05) is 0 Å². The molecule has 1 saturated carbocycles. The minimum Gasteiger partial charge on any atom is -0.0683 e. The first kappa shape index (κ1) is 17.1. The van der Waals surface area contributed by atoms with E-state index in [2.05, 4.69) is 43.3 Å². The summed E-state index contributed by atoms with van der Waals surface area (Å²) < 4.78 is 0. The number of hydrogen-bond donors (Lipinski definition) is 0. The van der Waals surface area contributed by atoms with Crippen LogP contribution in [0.25, 0.3) is 10.8 Å². The standard InChI is InChI=1S/C18H20.2C2H6/c1-18-11-4-7-17(18)16-9-8-13-5-2-3-6-14(13)15(16)10-12-18;2*1-2/h2-3,5-6,8-9,17H,4,7,10-12H2,1H3;2*1-2H3. The Bertz CT molecular complexity index is 610. The maximum absolute atomic E-state index is 2.52. The molecule has 2 aliphatic rings. The molecule has 120 valence electrons. The molecule has 0 spiro atoms. The van der Waals surface area contributed by atoms with E-state index in [1.165, 1.54) is 42.9 Å². The van der Waals surface area contributed by atoms with Crippen LogP contribution >= 0.6 is 0 Å². The van der Waals surface area contributed by atoms with Crippen molar-refractivity contribution in [2.75, 3.05) is 0 Å². The van der Waals surface area contributed by atoms with Gasteiger partial charge in [-0.1, -0.05) is 77.4 Å². The normalized spacial score (nSPS) is 25.2. The summed E-state index contributed by atoms with van der Waals surface area (Å²) in [6.45, 7) is 10.5. The summed E-state index contributed by atoms with van der Waals surface area (Å²) in [7, 11) is 0. The third-order valence-electron chi connectivity index (χ3n) is 5.48. The smallest absolute Gasteiger partial charge is 0.0105 e. The minimum atomic E-state index is 0.593. The van der Waals surface area contributed by atoms with Crippen molar-refractivity contribution in [2.24, 2.45) is 5.41 Å². The lowest BCUT2D eigenvalue weighted by Crippen LogP contribution is -2.26. The lowest BCUT2D eigenvalue weighted by atomic mass is 9.66. The van der Waals surface area contributed by atoms with Crippen LogP contribution in [0.5, 0.6) is 0 Å². The highest BCUT2D eigenvalue weighted by atomic mass is 14.5. The van der Waals surface area contributed by atoms with Gasteiger partial charge in [0.1, 0.15) is 0 Å². The summed E-state index contributed by atoms with van der Waals surface area (Å²) >= 11 is 0. The van der Waals surface area contributed by atoms with E-state index < -0.39 is 0 Å². The van der Waals surface area contributed by atoms with Crippen molar-refractivity contribution in [1.29, 1.82) is 0 Å². The molecule has 2 aromatic carbocycles. The lowest BCUT2D eigenvalue weighted by Gasteiger charge is -2.38. The molecule has 0 bridgehead atoms. The third kappa shape index (κ3) is 2.81. The van der Waals surface area contributed by atoms with Crippen LogP contribution in [0.15, 0.2) is 36.4 Å². The van der Waals surface area contributed by atoms with E-state index in [1.807, 2.05) is 27.7 Å². The molecule has 0 N–H and O–H groups in total. The quantitative estimate of drug-likeness (QED) is 0.486. The van der Waals surface area contributed by atoms with E-state index in [4.69, 9.17) is 0 Å². The van der Waals surface area contributed by atoms with Gasteiger partial charge in [-0.25, -0.2) is 0 Å². The van der Waals surface area contributed by atoms with Crippen LogP contribution in [0.4, 0.5) is 0 Å². The fourth-order valence-corrected chi connectivity index (χ4v) is 4.43. The van der Waals surface area contributed by atoms with Crippen LogP contribution < -0.4 is 0 Å². The fraction of sp³-hybridized carbons (Fsp3) is 0.545. The van der Waals surface area contributed by atoms with Crippen molar-refractivity contribution in [1.82, 2.24) is 0 Å². The van der Waals surface area contributed by atoms with Gasteiger partial charge in [-0.15, -0.1) is 0 Å². The van der Waals surface area contributed by atoms with Gasteiger partial charge in [0.25, 0.3) is 0 Å². The molecular weight excluding hydrogens is 264 g/mol. The second-order valence-electron chi connectivity index (χ2n) is 6.45. The van der Waals surface area contributed by atoms with Crippen LogP contribution in [0.1, 0.15) is 77.3 Å². The van der Waals surface area contributed by atoms with E-state index in [0.29, 0.717) is 5.41 Å². The van der Waals surface area contributed by atoms with E-state index in [0.717, 1.165) is 5.92 Å². The predicted octanol–water partition coefficient (Wildman–Crippen LogP) is 7.11. The lowest BCUT2D eigenvalue weighted by molar-refractivity contribution is 0.253. The Hall–Kier alpha value is -1.30. The van der Waals surface area contributed by atoms with Gasteiger partial charge in [0.05, 0.1) is 0 Å². The first-order valence-electron chi connectivity index (χ1n) is 9.28. The van der Waals surface area contributed by atoms with E-state index in [9.17, 15) is 0 Å². The Morgan fingerprint density at radius 3 is 2.41 bits per heavy atom. The van der Waals surface area contributed by atoms with Gasteiger partial charge < -0.3 is 0 Å². The summed E-state index contributed by atoms with van der Waals surface area (Å²) in [4.78, 5) is 0. The van der Waals surface area contributed by atoms with Crippen LogP contribution in [0, 0.1) is 5.41 Å². The first-order chi connectivity index (χ1) is 10.8. The second-order valence-corrected chi connectivity index (χ2v) is 6.45. The maximum atomic E-state index is 2.52. The number of fused-ring (bicyclic) bond motifs is 5. The zero-order chi connectivity index (χ0) is 16.2. The third-order valence-corrected chi connectivity index (χ3v) is 5.48. The van der Waals surface area contributed by atoms with Crippen LogP contribution in [0.3, 0.4) is 0 Å². The molecular formula is C22H32. The fourth-order valence-electron chi connectivity index (χ4n) is 4.43. The summed E-state index contributed by atoms with van der Waals surface area (Å²) in [5.41, 5.74) is 3.91. The molecule has 0 nitrogen and oxygen atoms in total. The number of hydrogen-bond acceptors (Lipinski definition) is 0. The molecule has 2 aromatic rings. The van der Waals surface area contributed by atoms with Crippen molar-refractivity contribution in [3.63, 3.8) is 0 Å². The average molecular weight is 296 g/mol. The molecule has 0 saturated heterocycles. The highest BCUT2D eigenvalue weighted by Crippen LogP contribution is 2.56. The summed E-state index contributed by atoms with van der Waals surface area (Å²) in [6.07, 6.45) is 6.93. The summed E-state index contributed by atoms with van der Waals surface area (Å²) in [6, 6.07) is 13.6. The monoisotopic (exact) mass is 296 g/mol. The average Bonchev–Trinajstić information content (AvgIpc) is 3.00. The van der Waals surface area contributed by atoms with Gasteiger partial charge in [0.2, 0.25) is 0 Å². The molecule has 2 aliphatic carbocycles. The summed E-state index contributed by atoms with van der Waals surface area (Å²) in [5, 5.41) is 2.92. The van der Waals surface area contributed by atoms with Crippen molar-refractivity contribution in [2.45, 2.75) is 72.6 Å². The van der Waals surface area contributed by atoms with Crippen LogP contribution in [-0.2, 0) is 6.42 Å². The zero-order valence-electron chi connectivity index (χ0n) is 15.1. The Balaban J connectivity index is 0.000000410. The Kier molecular flexibility index (Phi) is 5.67. The van der Waals surface area contributed by atoms with Gasteiger partial charge in [-0.2, -0.15) is 0 Å². The first-order valence-corrected chi connectivity index (χ1v) is 9.28. The molecule has 0 aliphatic heterocycles. The summed E-state index contributed by atoms with van der Waals surface area (Å²) in [5.74, 6) is 0.825. The zero-order valence-corrected chi connectivity index (χ0v) is 15.1. The highest BCUT2D eigenvalue weighted by molar-refractivity contribution is 5.87. The van der Waals surface area contributed by atoms with E-state index in [1.54, 1.807) is 11.1 Å². The molecule has 4 rings (SSSR count). The second kappa shape index (κ2) is 7.31. The molecule has 0 radical (unpaired) electrons. The van der Waals surface area contributed by atoms with Crippen molar-refractivity contribution >= 4 is 10.8 Å². The molecule has 1 fully saturated rings. The largest absolute Gasteiger partial charge is 0.0683 e. The molecule has 2 unspecified atom stereocenters. The minimum absolute atomic E-state index is 0.593. The van der Waals surface area contributed by atoms with Crippen molar-refractivity contribution < 1.29 is 0 Å². The van der Waals surface area contributed by atoms with Crippen LogP contribution in [0.2, 0.25) is 0 Å². The van der Waals surface area contributed by atoms with Gasteiger partial charge in [-0.05, 0) is 58.9 Å². The predicted molar refractivity (Wildman–Crippen MR) is 99.7 cm³/mol. The molecule has 0 amide bonds. The number of benzene rings is 2. The highest BCUT2D eigenvalue weighted by Gasteiger charge is 2.42. The van der Waals surface area contributed by atoms with Gasteiger partial charge >= 0.3 is 0 Å². The topological polar surface area (TPSA) is 0 Å². The Labute approximate surface area is 136 Å². The molecule has 2 atom stereocenters. The van der Waals surface area contributed by atoms with Gasteiger partial charge in [0.15, 0.2) is 0 Å². The van der Waals surface area contributed by atoms with E-state index >= 15 is 0 Å². The van der Waals surface area contributed by atoms with Crippen molar-refractivity contribution in [3.05, 3.63) is 47.5 Å². The molecule has 0 aromatic heterocycles. The Morgan fingerprint density at radius 1 is 0.909 bits per heavy atom. The number of aryl methyl sites for hydroxylation is 1. The maximum Gasteiger partial charge on any atom is -0.0105 e. The Morgan fingerprint density at radius 2 is 1.64 bits per heavy atom. The molecule has 22 heavy (non-hydrogen) atoms. The number of rotatable bonds is 0. The van der Waals surface area contributed by atoms with Gasteiger partial charge in [-0.3, -0.25) is 0 Å². The van der Waals surface area contributed by atoms with Crippen molar-refractivity contribution in [3.8, 4) is 0 Å². The van der Waals surface area contributed by atoms with Crippen LogP contribution in [-0.4, -0.2) is 0 Å². The SMILES string of the molecule is CC.CC.CC12CCCC1c1ccc3ccccc3c1CC2. The molecule has 0 heterocycles.